The highest BCUT2D eigenvalue weighted by molar-refractivity contribution is 4.96. The molecule has 0 aliphatic heterocycles. The van der Waals surface area contributed by atoms with Gasteiger partial charge in [-0.2, -0.15) is 0 Å². The van der Waals surface area contributed by atoms with Crippen molar-refractivity contribution in [1.29, 1.82) is 0 Å². The lowest BCUT2D eigenvalue weighted by molar-refractivity contribution is -0.0754. The third-order valence-corrected chi connectivity index (χ3v) is 5.48. The lowest BCUT2D eigenvalue weighted by Gasteiger charge is -2.47. The minimum absolute atomic E-state index is 0.0866. The third-order valence-electron chi connectivity index (χ3n) is 5.48. The smallest absolute Gasteiger partial charge is 0.0630 e. The molecular formula is C17H34O2. The summed E-state index contributed by atoms with van der Waals surface area (Å²) in [5.74, 6) is 0. The van der Waals surface area contributed by atoms with Crippen LogP contribution in [-0.4, -0.2) is 22.4 Å². The summed E-state index contributed by atoms with van der Waals surface area (Å²) in [5.41, 5.74) is -0.510. The van der Waals surface area contributed by atoms with Crippen molar-refractivity contribution in [1.82, 2.24) is 0 Å². The summed E-state index contributed by atoms with van der Waals surface area (Å²) in [6.07, 6.45) is 3.19. The first-order valence-electron chi connectivity index (χ1n) is 7.39. The van der Waals surface area contributed by atoms with E-state index in [4.69, 9.17) is 0 Å². The molecule has 2 nitrogen and oxygen atoms in total. The quantitative estimate of drug-likeness (QED) is 0.650. The summed E-state index contributed by atoms with van der Waals surface area (Å²) in [6, 6.07) is 0. The van der Waals surface area contributed by atoms with Crippen LogP contribution >= 0.6 is 0 Å². The molecule has 0 bridgehead atoms. The zero-order chi connectivity index (χ0) is 15.5. The molecule has 0 heterocycles. The molecule has 0 aliphatic carbocycles. The summed E-state index contributed by atoms with van der Waals surface area (Å²) in [5, 5.41) is 20.8. The van der Waals surface area contributed by atoms with Crippen molar-refractivity contribution in [2.45, 2.75) is 79.9 Å². The van der Waals surface area contributed by atoms with Gasteiger partial charge in [0.05, 0.1) is 12.2 Å². The maximum absolute atomic E-state index is 10.5. The average molecular weight is 270 g/mol. The summed E-state index contributed by atoms with van der Waals surface area (Å²) >= 11 is 0. The predicted molar refractivity (Wildman–Crippen MR) is 83.1 cm³/mol. The Balaban J connectivity index is 5.01. The second-order valence-electron chi connectivity index (χ2n) is 7.71. The van der Waals surface area contributed by atoms with Crippen molar-refractivity contribution in [3.05, 3.63) is 12.7 Å². The van der Waals surface area contributed by atoms with E-state index in [-0.39, 0.29) is 22.3 Å². The fourth-order valence-electron chi connectivity index (χ4n) is 2.16. The summed E-state index contributed by atoms with van der Waals surface area (Å²) in [6.45, 7) is 18.4. The standard InChI is InChI=1S/C17H34O2/c1-9-11-13(18)17(7,8)16(5,6)12-14(19)15(3,4)10-2/h9,13-14,18-19H,1,10-12H2,2-8H3. The minimum atomic E-state index is -0.433. The molecule has 0 aromatic carbocycles. The molecule has 0 aromatic rings. The van der Waals surface area contributed by atoms with E-state index in [9.17, 15) is 10.2 Å². The molecule has 0 fully saturated rings. The second kappa shape index (κ2) is 6.41. The monoisotopic (exact) mass is 270 g/mol. The van der Waals surface area contributed by atoms with E-state index >= 15 is 0 Å². The van der Waals surface area contributed by atoms with E-state index in [2.05, 4.69) is 55.0 Å². The number of hydrogen-bond acceptors (Lipinski definition) is 2. The number of hydrogen-bond donors (Lipinski definition) is 2. The van der Waals surface area contributed by atoms with Gasteiger partial charge >= 0.3 is 0 Å². The second-order valence-corrected chi connectivity index (χ2v) is 7.71. The van der Waals surface area contributed by atoms with Crippen LogP contribution in [0.2, 0.25) is 0 Å². The van der Waals surface area contributed by atoms with Crippen LogP contribution in [0.5, 0.6) is 0 Å². The summed E-state index contributed by atoms with van der Waals surface area (Å²) in [7, 11) is 0. The Morgan fingerprint density at radius 3 is 1.84 bits per heavy atom. The Morgan fingerprint density at radius 1 is 1.00 bits per heavy atom. The Bertz CT molecular complexity index is 290. The molecule has 0 aliphatic rings. The molecule has 2 N–H and O–H groups in total. The van der Waals surface area contributed by atoms with Gasteiger partial charge in [-0.3, -0.25) is 0 Å². The SMILES string of the molecule is C=CCC(O)C(C)(C)C(C)(C)CC(O)C(C)(C)CC. The van der Waals surface area contributed by atoms with Gasteiger partial charge < -0.3 is 10.2 Å². The van der Waals surface area contributed by atoms with Gasteiger partial charge in [0, 0.05) is 0 Å². The van der Waals surface area contributed by atoms with Crippen LogP contribution in [0.4, 0.5) is 0 Å². The van der Waals surface area contributed by atoms with Crippen LogP contribution in [-0.2, 0) is 0 Å². The maximum Gasteiger partial charge on any atom is 0.0630 e. The van der Waals surface area contributed by atoms with Gasteiger partial charge in [-0.1, -0.05) is 54.5 Å². The van der Waals surface area contributed by atoms with Crippen LogP contribution in [0.25, 0.3) is 0 Å². The van der Waals surface area contributed by atoms with E-state index in [1.165, 1.54) is 0 Å². The molecule has 2 atom stereocenters. The minimum Gasteiger partial charge on any atom is -0.393 e. The van der Waals surface area contributed by atoms with Crippen molar-refractivity contribution in [2.75, 3.05) is 0 Å². The summed E-state index contributed by atoms with van der Waals surface area (Å²) in [4.78, 5) is 0. The van der Waals surface area contributed by atoms with Crippen LogP contribution in [0, 0.1) is 16.2 Å². The van der Waals surface area contributed by atoms with Gasteiger partial charge in [0.2, 0.25) is 0 Å². The topological polar surface area (TPSA) is 40.5 Å². The van der Waals surface area contributed by atoms with Crippen LogP contribution in [0.15, 0.2) is 12.7 Å². The van der Waals surface area contributed by atoms with Crippen molar-refractivity contribution < 1.29 is 10.2 Å². The molecule has 2 unspecified atom stereocenters. The van der Waals surface area contributed by atoms with Crippen molar-refractivity contribution in [2.24, 2.45) is 16.2 Å². The Morgan fingerprint density at radius 2 is 1.47 bits per heavy atom. The third kappa shape index (κ3) is 4.32. The fourth-order valence-corrected chi connectivity index (χ4v) is 2.16. The number of rotatable bonds is 8. The molecule has 0 saturated carbocycles. The number of aliphatic hydroxyl groups is 2. The Labute approximate surface area is 119 Å². The van der Waals surface area contributed by atoms with Crippen molar-refractivity contribution in [3.8, 4) is 0 Å². The zero-order valence-electron chi connectivity index (χ0n) is 14.0. The van der Waals surface area contributed by atoms with Crippen LogP contribution in [0.3, 0.4) is 0 Å². The predicted octanol–water partition coefficient (Wildman–Crippen LogP) is 4.16. The van der Waals surface area contributed by atoms with Gasteiger partial charge in [-0.05, 0) is 35.5 Å². The molecule has 0 spiro atoms. The zero-order valence-corrected chi connectivity index (χ0v) is 14.0. The molecule has 0 aromatic heterocycles. The molecule has 114 valence electrons. The van der Waals surface area contributed by atoms with Crippen LogP contribution in [0.1, 0.15) is 67.7 Å². The van der Waals surface area contributed by atoms with Gasteiger partial charge in [0.1, 0.15) is 0 Å². The Kier molecular flexibility index (Phi) is 6.29. The van der Waals surface area contributed by atoms with E-state index < -0.39 is 6.10 Å². The highest BCUT2D eigenvalue weighted by Crippen LogP contribution is 2.47. The average Bonchev–Trinajstić information content (AvgIpc) is 2.28. The lowest BCUT2D eigenvalue weighted by Crippen LogP contribution is -2.46. The van der Waals surface area contributed by atoms with Gasteiger partial charge in [0.25, 0.3) is 0 Å². The lowest BCUT2D eigenvalue weighted by atomic mass is 9.60. The van der Waals surface area contributed by atoms with E-state index in [0.29, 0.717) is 12.8 Å². The van der Waals surface area contributed by atoms with Crippen LogP contribution < -0.4 is 0 Å². The first-order valence-corrected chi connectivity index (χ1v) is 7.39. The maximum atomic E-state index is 10.5. The first-order chi connectivity index (χ1) is 8.42. The molecular weight excluding hydrogens is 236 g/mol. The highest BCUT2D eigenvalue weighted by atomic mass is 16.3. The first kappa shape index (κ1) is 18.7. The van der Waals surface area contributed by atoms with Gasteiger partial charge in [-0.25, -0.2) is 0 Å². The normalized spacial score (nSPS) is 17.1. The molecule has 19 heavy (non-hydrogen) atoms. The Hall–Kier alpha value is -0.340. The van der Waals surface area contributed by atoms with Gasteiger partial charge in [0.15, 0.2) is 0 Å². The fraction of sp³-hybridized carbons (Fsp3) is 0.882. The van der Waals surface area contributed by atoms with Crippen molar-refractivity contribution >= 4 is 0 Å². The van der Waals surface area contributed by atoms with E-state index in [1.54, 1.807) is 6.08 Å². The molecule has 0 saturated heterocycles. The van der Waals surface area contributed by atoms with E-state index in [0.717, 1.165) is 6.42 Å². The molecule has 2 heteroatoms. The van der Waals surface area contributed by atoms with E-state index in [1.807, 2.05) is 0 Å². The molecule has 0 radical (unpaired) electrons. The van der Waals surface area contributed by atoms with Gasteiger partial charge in [-0.15, -0.1) is 6.58 Å². The largest absolute Gasteiger partial charge is 0.393 e. The summed E-state index contributed by atoms with van der Waals surface area (Å²) < 4.78 is 0. The number of aliphatic hydroxyl groups excluding tert-OH is 2. The van der Waals surface area contributed by atoms with Crippen molar-refractivity contribution in [3.63, 3.8) is 0 Å². The highest BCUT2D eigenvalue weighted by Gasteiger charge is 2.44. The molecule has 0 amide bonds. The molecule has 0 rings (SSSR count).